The molecule has 1 atom stereocenters. The van der Waals surface area contributed by atoms with Crippen molar-refractivity contribution < 1.29 is 9.90 Å². The largest absolute Gasteiger partial charge is 0.481 e. The van der Waals surface area contributed by atoms with E-state index in [1.165, 1.54) is 6.42 Å². The minimum absolute atomic E-state index is 0.309. The molecule has 2 bridgehead atoms. The Balaban J connectivity index is 2.07. The molecule has 3 aliphatic carbocycles. The Kier molecular flexibility index (Phi) is 1.86. The number of fused-ring (bicyclic) bond motifs is 2. The van der Waals surface area contributed by atoms with Crippen LogP contribution in [0.15, 0.2) is 0 Å². The van der Waals surface area contributed by atoms with Crippen LogP contribution >= 0.6 is 11.8 Å². The van der Waals surface area contributed by atoms with Crippen LogP contribution in [-0.4, -0.2) is 22.6 Å². The molecule has 12 heavy (non-hydrogen) atoms. The number of hydrogen-bond acceptors (Lipinski definition) is 2. The molecule has 3 fully saturated rings. The zero-order valence-electron chi connectivity index (χ0n) is 7.25. The van der Waals surface area contributed by atoms with Crippen molar-refractivity contribution in [2.24, 2.45) is 11.3 Å². The minimum atomic E-state index is -0.558. The van der Waals surface area contributed by atoms with Crippen molar-refractivity contribution in [3.05, 3.63) is 0 Å². The molecule has 0 aromatic carbocycles. The molecule has 0 radical (unpaired) electrons. The van der Waals surface area contributed by atoms with Gasteiger partial charge in [-0.3, -0.25) is 4.79 Å². The third kappa shape index (κ3) is 1.06. The van der Waals surface area contributed by atoms with Gasteiger partial charge in [0, 0.05) is 5.25 Å². The number of carbonyl (C=O) groups is 1. The summed E-state index contributed by atoms with van der Waals surface area (Å²) in [6.45, 7) is 0. The molecule has 3 aliphatic rings. The highest BCUT2D eigenvalue weighted by molar-refractivity contribution is 7.99. The lowest BCUT2D eigenvalue weighted by Crippen LogP contribution is -2.50. The van der Waals surface area contributed by atoms with Crippen LogP contribution in [0.1, 0.15) is 25.7 Å². The van der Waals surface area contributed by atoms with Crippen molar-refractivity contribution in [3.63, 3.8) is 0 Å². The Morgan fingerprint density at radius 1 is 1.50 bits per heavy atom. The molecule has 0 aliphatic heterocycles. The summed E-state index contributed by atoms with van der Waals surface area (Å²) in [5.41, 5.74) is -0.309. The van der Waals surface area contributed by atoms with Gasteiger partial charge >= 0.3 is 5.97 Å². The van der Waals surface area contributed by atoms with Gasteiger partial charge in [0.1, 0.15) is 0 Å². The molecule has 1 unspecified atom stereocenters. The van der Waals surface area contributed by atoms with Gasteiger partial charge < -0.3 is 5.11 Å². The lowest BCUT2D eigenvalue weighted by molar-refractivity contribution is -0.162. The summed E-state index contributed by atoms with van der Waals surface area (Å²) in [6.07, 6.45) is 6.12. The van der Waals surface area contributed by atoms with E-state index in [2.05, 4.69) is 6.26 Å². The van der Waals surface area contributed by atoms with E-state index in [1.807, 2.05) is 11.8 Å². The highest BCUT2D eigenvalue weighted by Gasteiger charge is 2.55. The molecule has 3 heteroatoms. The number of rotatable bonds is 2. The van der Waals surface area contributed by atoms with Crippen LogP contribution in [0.5, 0.6) is 0 Å². The summed E-state index contributed by atoms with van der Waals surface area (Å²) >= 11 is 1.83. The van der Waals surface area contributed by atoms with Crippen LogP contribution in [-0.2, 0) is 4.79 Å². The minimum Gasteiger partial charge on any atom is -0.481 e. The Morgan fingerprint density at radius 2 is 2.17 bits per heavy atom. The van der Waals surface area contributed by atoms with E-state index in [9.17, 15) is 4.79 Å². The highest BCUT2D eigenvalue weighted by Crippen LogP contribution is 2.57. The van der Waals surface area contributed by atoms with Crippen LogP contribution in [0.25, 0.3) is 0 Å². The van der Waals surface area contributed by atoms with Gasteiger partial charge in [0.15, 0.2) is 0 Å². The summed E-state index contributed by atoms with van der Waals surface area (Å²) in [4.78, 5) is 11.0. The molecule has 0 amide bonds. The fourth-order valence-electron chi connectivity index (χ4n) is 2.71. The predicted octanol–water partition coefficient (Wildman–Crippen LogP) is 1.99. The van der Waals surface area contributed by atoms with Crippen LogP contribution < -0.4 is 0 Å². The first-order valence-corrected chi connectivity index (χ1v) is 5.71. The second-order valence-electron chi connectivity index (χ2n) is 4.16. The first-order valence-electron chi connectivity index (χ1n) is 4.42. The van der Waals surface area contributed by atoms with Crippen molar-refractivity contribution in [1.82, 2.24) is 0 Å². The number of hydrogen-bond donors (Lipinski definition) is 1. The summed E-state index contributed by atoms with van der Waals surface area (Å²) in [7, 11) is 0. The van der Waals surface area contributed by atoms with Gasteiger partial charge in [-0.2, -0.15) is 11.8 Å². The standard InChI is InChI=1S/C9H14O2S/c1-12-7-2-6-3-9(4-6,5-7)8(10)11/h6-7H,2-5H2,1H3,(H,10,11). The van der Waals surface area contributed by atoms with E-state index in [-0.39, 0.29) is 5.41 Å². The fourth-order valence-corrected chi connectivity index (χ4v) is 3.66. The normalized spacial score (nSPS) is 45.1. The van der Waals surface area contributed by atoms with Gasteiger partial charge in [0.05, 0.1) is 5.41 Å². The van der Waals surface area contributed by atoms with Gasteiger partial charge in [0.25, 0.3) is 0 Å². The van der Waals surface area contributed by atoms with Gasteiger partial charge in [0.2, 0.25) is 0 Å². The Bertz CT molecular complexity index is 209. The molecule has 2 nitrogen and oxygen atoms in total. The molecule has 3 rings (SSSR count). The van der Waals surface area contributed by atoms with Crippen molar-refractivity contribution in [3.8, 4) is 0 Å². The average Bonchev–Trinajstić information content (AvgIpc) is 2.02. The van der Waals surface area contributed by atoms with E-state index in [4.69, 9.17) is 5.11 Å². The third-order valence-corrected chi connectivity index (χ3v) is 4.39. The fraction of sp³-hybridized carbons (Fsp3) is 0.889. The molecule has 68 valence electrons. The highest BCUT2D eigenvalue weighted by atomic mass is 32.2. The van der Waals surface area contributed by atoms with E-state index < -0.39 is 5.97 Å². The summed E-state index contributed by atoms with van der Waals surface area (Å²) in [5.74, 6) is 0.157. The van der Waals surface area contributed by atoms with E-state index >= 15 is 0 Å². The SMILES string of the molecule is CSC1CC2CC(C(=O)O)(C2)C1. The second-order valence-corrected chi connectivity index (χ2v) is 5.30. The van der Waals surface area contributed by atoms with Crippen molar-refractivity contribution in [2.45, 2.75) is 30.9 Å². The zero-order valence-corrected chi connectivity index (χ0v) is 8.06. The van der Waals surface area contributed by atoms with Crippen molar-refractivity contribution in [1.29, 1.82) is 0 Å². The monoisotopic (exact) mass is 186 g/mol. The van der Waals surface area contributed by atoms with Gasteiger partial charge in [-0.1, -0.05) is 0 Å². The van der Waals surface area contributed by atoms with Crippen LogP contribution in [0.4, 0.5) is 0 Å². The third-order valence-electron chi connectivity index (χ3n) is 3.36. The van der Waals surface area contributed by atoms with Crippen LogP contribution in [0.3, 0.4) is 0 Å². The van der Waals surface area contributed by atoms with E-state index in [0.717, 1.165) is 19.3 Å². The molecule has 0 spiro atoms. The molecule has 0 saturated heterocycles. The second kappa shape index (κ2) is 2.66. The van der Waals surface area contributed by atoms with Crippen LogP contribution in [0.2, 0.25) is 0 Å². The smallest absolute Gasteiger partial charge is 0.309 e. The number of thioether (sulfide) groups is 1. The maximum atomic E-state index is 11.0. The van der Waals surface area contributed by atoms with E-state index in [1.54, 1.807) is 0 Å². The summed E-state index contributed by atoms with van der Waals surface area (Å²) < 4.78 is 0. The van der Waals surface area contributed by atoms with Crippen LogP contribution in [0, 0.1) is 11.3 Å². The number of carboxylic acids is 1. The van der Waals surface area contributed by atoms with Gasteiger partial charge in [-0.05, 0) is 37.9 Å². The molecular formula is C9H14O2S. The van der Waals surface area contributed by atoms with Crippen molar-refractivity contribution >= 4 is 17.7 Å². The topological polar surface area (TPSA) is 37.3 Å². The lowest BCUT2D eigenvalue weighted by atomic mass is 9.54. The van der Waals surface area contributed by atoms with E-state index in [0.29, 0.717) is 11.2 Å². The Hall–Kier alpha value is -0.180. The molecule has 1 N–H and O–H groups in total. The molecule has 0 heterocycles. The lowest BCUT2D eigenvalue weighted by Gasteiger charge is -2.52. The maximum absolute atomic E-state index is 11.0. The summed E-state index contributed by atoms with van der Waals surface area (Å²) in [5, 5.41) is 9.64. The quantitative estimate of drug-likeness (QED) is 0.716. The number of aliphatic carboxylic acids is 1. The first kappa shape index (κ1) is 8.42. The van der Waals surface area contributed by atoms with Gasteiger partial charge in [-0.25, -0.2) is 0 Å². The van der Waals surface area contributed by atoms with Crippen molar-refractivity contribution in [2.75, 3.05) is 6.26 Å². The van der Waals surface area contributed by atoms with Gasteiger partial charge in [-0.15, -0.1) is 0 Å². The average molecular weight is 186 g/mol. The molecule has 0 aromatic rings. The number of carboxylic acid groups (broad SMARTS) is 1. The maximum Gasteiger partial charge on any atom is 0.309 e. The molecular weight excluding hydrogens is 172 g/mol. The predicted molar refractivity (Wildman–Crippen MR) is 49.3 cm³/mol. The Labute approximate surface area is 76.7 Å². The molecule has 0 aromatic heterocycles. The zero-order chi connectivity index (χ0) is 8.77. The summed E-state index contributed by atoms with van der Waals surface area (Å²) in [6, 6.07) is 0. The first-order chi connectivity index (χ1) is 5.66. The molecule has 3 saturated carbocycles. The Morgan fingerprint density at radius 3 is 2.67 bits per heavy atom.